The quantitative estimate of drug-likeness (QED) is 0.415. The molecular formula is C29H56N2. The molecule has 0 aromatic carbocycles. The molecular weight excluding hydrogens is 376 g/mol. The van der Waals surface area contributed by atoms with E-state index < -0.39 is 0 Å². The molecule has 2 aliphatic heterocycles. The Morgan fingerprint density at radius 3 is 1.97 bits per heavy atom. The third kappa shape index (κ3) is 6.95. The van der Waals surface area contributed by atoms with E-state index >= 15 is 0 Å². The van der Waals surface area contributed by atoms with Crippen molar-refractivity contribution >= 4 is 0 Å². The van der Waals surface area contributed by atoms with Gasteiger partial charge in [-0.05, 0) is 125 Å². The fourth-order valence-electron chi connectivity index (χ4n) is 7.35. The van der Waals surface area contributed by atoms with Crippen LogP contribution in [0.4, 0.5) is 0 Å². The second-order valence-electron chi connectivity index (χ2n) is 14.4. The number of likely N-dealkylation sites (tertiary alicyclic amines) is 2. The zero-order chi connectivity index (χ0) is 22.9. The molecule has 0 spiro atoms. The van der Waals surface area contributed by atoms with E-state index in [1.54, 1.807) is 0 Å². The Kier molecular flexibility index (Phi) is 8.27. The molecule has 0 N–H and O–H groups in total. The van der Waals surface area contributed by atoms with Crippen molar-refractivity contribution in [3.05, 3.63) is 0 Å². The smallest absolute Gasteiger partial charge is 0.00117 e. The first kappa shape index (κ1) is 25.5. The molecule has 3 rings (SSSR count). The molecule has 3 unspecified atom stereocenters. The molecule has 2 nitrogen and oxygen atoms in total. The molecule has 0 radical (unpaired) electrons. The van der Waals surface area contributed by atoms with Crippen LogP contribution in [-0.2, 0) is 0 Å². The maximum Gasteiger partial charge on any atom is 0.00117 e. The molecule has 2 heterocycles. The van der Waals surface area contributed by atoms with Crippen molar-refractivity contribution < 1.29 is 0 Å². The van der Waals surface area contributed by atoms with Gasteiger partial charge >= 0.3 is 0 Å². The molecule has 2 saturated heterocycles. The van der Waals surface area contributed by atoms with Crippen LogP contribution in [0, 0.1) is 39.9 Å². The highest BCUT2D eigenvalue weighted by atomic mass is 15.1. The van der Waals surface area contributed by atoms with Gasteiger partial charge in [-0.1, -0.05) is 54.9 Å². The van der Waals surface area contributed by atoms with Crippen LogP contribution in [0.2, 0.25) is 0 Å². The molecule has 3 aliphatic rings. The highest BCUT2D eigenvalue weighted by Gasteiger charge is 2.39. The molecule has 31 heavy (non-hydrogen) atoms. The molecule has 3 atom stereocenters. The lowest BCUT2D eigenvalue weighted by molar-refractivity contribution is 0.0560. The van der Waals surface area contributed by atoms with Crippen LogP contribution in [0.25, 0.3) is 0 Å². The highest BCUT2D eigenvalue weighted by molar-refractivity contribution is 4.91. The molecule has 0 bridgehead atoms. The van der Waals surface area contributed by atoms with Crippen molar-refractivity contribution in [3.8, 4) is 0 Å². The summed E-state index contributed by atoms with van der Waals surface area (Å²) < 4.78 is 0. The molecule has 1 saturated carbocycles. The lowest BCUT2D eigenvalue weighted by Crippen LogP contribution is -2.43. The minimum Gasteiger partial charge on any atom is -0.306 e. The lowest BCUT2D eigenvalue weighted by atomic mass is 9.68. The number of hydrogen-bond acceptors (Lipinski definition) is 2. The summed E-state index contributed by atoms with van der Waals surface area (Å²) >= 11 is 0. The van der Waals surface area contributed by atoms with Gasteiger partial charge in [0, 0.05) is 6.54 Å². The second kappa shape index (κ2) is 10.0. The summed E-state index contributed by atoms with van der Waals surface area (Å²) in [5, 5.41) is 0. The van der Waals surface area contributed by atoms with Crippen molar-refractivity contribution in [2.45, 2.75) is 106 Å². The van der Waals surface area contributed by atoms with Crippen LogP contribution < -0.4 is 0 Å². The summed E-state index contributed by atoms with van der Waals surface area (Å²) in [6, 6.07) is 0. The van der Waals surface area contributed by atoms with Gasteiger partial charge in [0.05, 0.1) is 0 Å². The van der Waals surface area contributed by atoms with Crippen molar-refractivity contribution in [3.63, 3.8) is 0 Å². The van der Waals surface area contributed by atoms with Gasteiger partial charge in [0.2, 0.25) is 0 Å². The van der Waals surface area contributed by atoms with Gasteiger partial charge in [-0.3, -0.25) is 0 Å². The van der Waals surface area contributed by atoms with E-state index in [1.165, 1.54) is 90.5 Å². The van der Waals surface area contributed by atoms with E-state index in [2.05, 4.69) is 65.3 Å². The van der Waals surface area contributed by atoms with Crippen LogP contribution in [0.15, 0.2) is 0 Å². The Balaban J connectivity index is 1.41. The van der Waals surface area contributed by atoms with Crippen LogP contribution >= 0.6 is 0 Å². The molecule has 2 heteroatoms. The van der Waals surface area contributed by atoms with Crippen LogP contribution in [-0.4, -0.2) is 49.6 Å². The van der Waals surface area contributed by atoms with Crippen LogP contribution in [0.1, 0.15) is 106 Å². The Labute approximate surface area is 195 Å². The monoisotopic (exact) mass is 432 g/mol. The number of hydrogen-bond donors (Lipinski definition) is 0. The average Bonchev–Trinajstić information content (AvgIpc) is 3.15. The van der Waals surface area contributed by atoms with Gasteiger partial charge in [-0.2, -0.15) is 0 Å². The van der Waals surface area contributed by atoms with E-state index in [0.29, 0.717) is 16.2 Å². The molecule has 182 valence electrons. The van der Waals surface area contributed by atoms with Gasteiger partial charge in [0.25, 0.3) is 0 Å². The zero-order valence-corrected chi connectivity index (χ0v) is 22.6. The number of rotatable bonds is 7. The summed E-state index contributed by atoms with van der Waals surface area (Å²) in [6.07, 6.45) is 12.9. The summed E-state index contributed by atoms with van der Waals surface area (Å²) in [5.41, 5.74) is 1.51. The molecule has 3 fully saturated rings. The third-order valence-corrected chi connectivity index (χ3v) is 10.1. The van der Waals surface area contributed by atoms with Gasteiger partial charge < -0.3 is 9.80 Å². The Hall–Kier alpha value is -0.0800. The fraction of sp³-hybridized carbons (Fsp3) is 1.00. The summed E-state index contributed by atoms with van der Waals surface area (Å²) in [6.45, 7) is 24.2. The minimum atomic E-state index is 0.483. The second-order valence-corrected chi connectivity index (χ2v) is 14.4. The van der Waals surface area contributed by atoms with E-state index in [0.717, 1.165) is 23.7 Å². The molecule has 1 aliphatic carbocycles. The van der Waals surface area contributed by atoms with Crippen molar-refractivity contribution in [1.82, 2.24) is 9.80 Å². The van der Waals surface area contributed by atoms with Crippen LogP contribution in [0.3, 0.4) is 0 Å². The van der Waals surface area contributed by atoms with Gasteiger partial charge in [-0.25, -0.2) is 0 Å². The van der Waals surface area contributed by atoms with E-state index in [-0.39, 0.29) is 0 Å². The molecule has 0 aromatic rings. The van der Waals surface area contributed by atoms with E-state index in [1.807, 2.05) is 0 Å². The normalized spacial score (nSPS) is 30.8. The number of piperidine rings is 2. The SMILES string of the molecule is CN1CCCC(C(C)(C)CCN2CCC(C(C)(C)CC3CCC(C(C)(C)C)C3)CC2)C1. The first-order valence-corrected chi connectivity index (χ1v) is 13.8. The molecule has 0 aromatic heterocycles. The lowest BCUT2D eigenvalue weighted by Gasteiger charge is -2.44. The average molecular weight is 433 g/mol. The van der Waals surface area contributed by atoms with Crippen molar-refractivity contribution in [2.75, 3.05) is 39.8 Å². The third-order valence-electron chi connectivity index (χ3n) is 10.1. The van der Waals surface area contributed by atoms with Crippen molar-refractivity contribution in [2.24, 2.45) is 39.9 Å². The predicted molar refractivity (Wildman–Crippen MR) is 136 cm³/mol. The van der Waals surface area contributed by atoms with E-state index in [9.17, 15) is 0 Å². The predicted octanol–water partition coefficient (Wildman–Crippen LogP) is 7.34. The maximum atomic E-state index is 2.80. The Morgan fingerprint density at radius 2 is 1.39 bits per heavy atom. The summed E-state index contributed by atoms with van der Waals surface area (Å²) in [4.78, 5) is 5.35. The van der Waals surface area contributed by atoms with Crippen molar-refractivity contribution in [1.29, 1.82) is 0 Å². The Morgan fingerprint density at radius 1 is 0.710 bits per heavy atom. The summed E-state index contributed by atoms with van der Waals surface area (Å²) in [7, 11) is 2.31. The highest BCUT2D eigenvalue weighted by Crippen LogP contribution is 2.48. The minimum absolute atomic E-state index is 0.483. The van der Waals surface area contributed by atoms with Crippen LogP contribution in [0.5, 0.6) is 0 Å². The fourth-order valence-corrected chi connectivity index (χ4v) is 7.35. The van der Waals surface area contributed by atoms with E-state index in [4.69, 9.17) is 0 Å². The van der Waals surface area contributed by atoms with Gasteiger partial charge in [0.1, 0.15) is 0 Å². The molecule has 0 amide bonds. The maximum absolute atomic E-state index is 2.80. The first-order chi connectivity index (χ1) is 14.4. The zero-order valence-electron chi connectivity index (χ0n) is 22.6. The Bertz CT molecular complexity index is 550. The first-order valence-electron chi connectivity index (χ1n) is 13.8. The largest absolute Gasteiger partial charge is 0.306 e. The summed E-state index contributed by atoms with van der Waals surface area (Å²) in [5.74, 6) is 3.73. The van der Waals surface area contributed by atoms with Gasteiger partial charge in [0.15, 0.2) is 0 Å². The van der Waals surface area contributed by atoms with Gasteiger partial charge in [-0.15, -0.1) is 0 Å². The standard InChI is InChI=1S/C29H56N2/c1-27(2,3)25-12-11-23(20-25)21-29(6,7)24-13-17-31(18-14-24)19-15-28(4,5)26-10-9-16-30(8)22-26/h23-26H,9-22H2,1-8H3. The topological polar surface area (TPSA) is 6.48 Å². The number of nitrogens with zero attached hydrogens (tertiary/aromatic N) is 2.